The lowest BCUT2D eigenvalue weighted by Gasteiger charge is -2.38. The van der Waals surface area contributed by atoms with E-state index in [1.54, 1.807) is 4.90 Å². The number of nitrogens with two attached hydrogens (primary N) is 1. The zero-order chi connectivity index (χ0) is 25.5. The summed E-state index contributed by atoms with van der Waals surface area (Å²) in [5.41, 5.74) is 7.91. The van der Waals surface area contributed by atoms with Crippen molar-refractivity contribution < 1.29 is 27.8 Å². The van der Waals surface area contributed by atoms with Crippen molar-refractivity contribution in [1.29, 1.82) is 0 Å². The van der Waals surface area contributed by atoms with Crippen LogP contribution in [0.1, 0.15) is 52.1 Å². The van der Waals surface area contributed by atoms with Gasteiger partial charge in [0, 0.05) is 44.0 Å². The largest absolute Gasteiger partial charge is 0.491 e. The minimum absolute atomic E-state index is 0.0130. The molecule has 1 amide bonds. The third-order valence-electron chi connectivity index (χ3n) is 7.27. The van der Waals surface area contributed by atoms with Gasteiger partial charge in [-0.15, -0.1) is 0 Å². The number of likely N-dealkylation sites (tertiary alicyclic amines) is 2. The van der Waals surface area contributed by atoms with Gasteiger partial charge in [-0.05, 0) is 62.1 Å². The molecule has 3 N–H and O–H groups in total. The van der Waals surface area contributed by atoms with Crippen LogP contribution in [0.2, 0.25) is 0 Å². The Morgan fingerprint density at radius 3 is 2.51 bits per heavy atom. The molecule has 0 unspecified atom stereocenters. The lowest BCUT2D eigenvalue weighted by molar-refractivity contribution is -0.141. The van der Waals surface area contributed by atoms with Crippen molar-refractivity contribution >= 4 is 5.91 Å². The third-order valence-corrected chi connectivity index (χ3v) is 7.27. The van der Waals surface area contributed by atoms with Gasteiger partial charge >= 0.3 is 6.18 Å². The van der Waals surface area contributed by atoms with E-state index < -0.39 is 18.0 Å². The van der Waals surface area contributed by atoms with Gasteiger partial charge in [0.05, 0.1) is 5.56 Å². The molecule has 2 saturated heterocycles. The Kier molecular flexibility index (Phi) is 7.08. The number of aromatic nitrogens is 1. The summed E-state index contributed by atoms with van der Waals surface area (Å²) >= 11 is 0. The average molecular weight is 493 g/mol. The van der Waals surface area contributed by atoms with Crippen molar-refractivity contribution in [1.82, 2.24) is 14.8 Å². The number of nitrogens with zero attached hydrogens (tertiary/aromatic N) is 3. The Morgan fingerprint density at radius 1 is 1.20 bits per heavy atom. The summed E-state index contributed by atoms with van der Waals surface area (Å²) < 4.78 is 44.1. The fourth-order valence-electron chi connectivity index (χ4n) is 5.13. The molecule has 2 aromatic rings. The van der Waals surface area contributed by atoms with Crippen molar-refractivity contribution in [3.8, 4) is 5.75 Å². The predicted octanol–water partition coefficient (Wildman–Crippen LogP) is 3.08. The van der Waals surface area contributed by atoms with E-state index in [4.69, 9.17) is 10.5 Å². The monoisotopic (exact) mass is 492 g/mol. The number of hydrogen-bond donors (Lipinski definition) is 2. The molecular weight excluding hydrogens is 461 g/mol. The maximum Gasteiger partial charge on any atom is 0.433 e. The van der Waals surface area contributed by atoms with Gasteiger partial charge in [0.15, 0.2) is 0 Å². The maximum atomic E-state index is 13.0. The Bertz CT molecular complexity index is 1080. The number of fused-ring (bicyclic) bond motifs is 2. The molecule has 0 aliphatic carbocycles. The van der Waals surface area contributed by atoms with Gasteiger partial charge in [-0.2, -0.15) is 13.2 Å². The lowest BCUT2D eigenvalue weighted by atomic mass is 9.96. The number of ether oxygens (including phenoxy) is 1. The molecule has 4 rings (SSSR count). The number of piperazine rings is 1. The van der Waals surface area contributed by atoms with E-state index in [1.165, 1.54) is 11.6 Å². The second-order valence-electron chi connectivity index (χ2n) is 9.41. The molecule has 2 fully saturated rings. The van der Waals surface area contributed by atoms with Crippen LogP contribution in [0, 0.1) is 13.8 Å². The summed E-state index contributed by atoms with van der Waals surface area (Å²) in [6.45, 7) is 7.70. The fraction of sp³-hybridized carbons (Fsp3) is 0.520. The molecular formula is C25H31F3N4O3. The van der Waals surface area contributed by atoms with Crippen LogP contribution < -0.4 is 10.5 Å². The highest BCUT2D eigenvalue weighted by Crippen LogP contribution is 2.39. The van der Waals surface area contributed by atoms with E-state index in [0.29, 0.717) is 13.1 Å². The highest BCUT2D eigenvalue weighted by Gasteiger charge is 2.47. The Labute approximate surface area is 202 Å². The molecule has 1 aromatic heterocycles. The third kappa shape index (κ3) is 5.00. The second-order valence-corrected chi connectivity index (χ2v) is 9.41. The van der Waals surface area contributed by atoms with Gasteiger partial charge in [-0.1, -0.05) is 6.07 Å². The van der Waals surface area contributed by atoms with E-state index in [1.807, 2.05) is 19.1 Å². The van der Waals surface area contributed by atoms with E-state index in [0.717, 1.165) is 35.6 Å². The van der Waals surface area contributed by atoms with Crippen LogP contribution in [0.4, 0.5) is 13.2 Å². The number of halogens is 3. The molecule has 1 aromatic carbocycles. The van der Waals surface area contributed by atoms with E-state index >= 15 is 0 Å². The molecule has 2 aliphatic heterocycles. The summed E-state index contributed by atoms with van der Waals surface area (Å²) in [5, 5.41) is 9.67. The van der Waals surface area contributed by atoms with E-state index in [2.05, 4.69) is 23.7 Å². The van der Waals surface area contributed by atoms with Crippen LogP contribution in [0.3, 0.4) is 0 Å². The van der Waals surface area contributed by atoms with E-state index in [9.17, 15) is 23.1 Å². The molecule has 0 spiro atoms. The normalized spacial score (nSPS) is 21.9. The number of pyridine rings is 1. The number of rotatable bonds is 7. The zero-order valence-corrected chi connectivity index (χ0v) is 20.0. The highest BCUT2D eigenvalue weighted by atomic mass is 19.4. The van der Waals surface area contributed by atoms with Crippen molar-refractivity contribution in [2.24, 2.45) is 5.73 Å². The van der Waals surface area contributed by atoms with Crippen LogP contribution >= 0.6 is 0 Å². The summed E-state index contributed by atoms with van der Waals surface area (Å²) in [7, 11) is 0. The molecule has 10 heteroatoms. The standard InChI is InChI=1S/C25H31F3N4O3/c1-14-15(2)22(35-13-20(33)9-29)6-5-21(14)16(3)31-11-19-8-18(31)12-32(19)24(34)17-4-7-23(30-10-17)25(26,27)28/h4-7,10,16,18-20,33H,8-9,11-13,29H2,1-3H3/t16-,18+,19+,20-/m0/s1. The molecule has 0 radical (unpaired) electrons. The number of aliphatic hydroxyl groups excluding tert-OH is 1. The Morgan fingerprint density at radius 2 is 1.94 bits per heavy atom. The molecule has 4 atom stereocenters. The summed E-state index contributed by atoms with van der Waals surface area (Å²) in [6.07, 6.45) is -3.39. The van der Waals surface area contributed by atoms with Gasteiger partial charge in [-0.3, -0.25) is 14.7 Å². The molecule has 3 heterocycles. The lowest BCUT2D eigenvalue weighted by Crippen LogP contribution is -2.49. The number of aliphatic hydroxyl groups is 1. The highest BCUT2D eigenvalue weighted by molar-refractivity contribution is 5.94. The average Bonchev–Trinajstić information content (AvgIpc) is 3.45. The van der Waals surface area contributed by atoms with Crippen molar-refractivity contribution in [3.05, 3.63) is 58.4 Å². The second kappa shape index (κ2) is 9.75. The minimum atomic E-state index is -4.53. The first-order valence-corrected chi connectivity index (χ1v) is 11.7. The van der Waals surface area contributed by atoms with Gasteiger partial charge in [0.25, 0.3) is 5.91 Å². The molecule has 7 nitrogen and oxygen atoms in total. The van der Waals surface area contributed by atoms with Crippen molar-refractivity contribution in [3.63, 3.8) is 0 Å². The van der Waals surface area contributed by atoms with Crippen LogP contribution in [0.5, 0.6) is 5.75 Å². The summed E-state index contributed by atoms with van der Waals surface area (Å²) in [5.74, 6) is 0.440. The van der Waals surface area contributed by atoms with Gasteiger partial charge in [0.2, 0.25) is 0 Å². The Hall–Kier alpha value is -2.69. The van der Waals surface area contributed by atoms with E-state index in [-0.39, 0.29) is 42.7 Å². The SMILES string of the molecule is Cc1c(OC[C@@H](O)CN)ccc([C@H](C)N2C[C@H]3C[C@@H]2CN3C(=O)c2ccc(C(F)(F)F)nc2)c1C. The smallest absolute Gasteiger partial charge is 0.433 e. The first-order chi connectivity index (χ1) is 16.5. The molecule has 190 valence electrons. The molecule has 2 bridgehead atoms. The zero-order valence-electron chi connectivity index (χ0n) is 20.0. The number of carbonyl (C=O) groups is 1. The van der Waals surface area contributed by atoms with Crippen molar-refractivity contribution in [2.45, 2.75) is 57.6 Å². The van der Waals surface area contributed by atoms with Crippen LogP contribution in [-0.4, -0.2) is 70.2 Å². The first-order valence-electron chi connectivity index (χ1n) is 11.7. The predicted molar refractivity (Wildman–Crippen MR) is 124 cm³/mol. The van der Waals surface area contributed by atoms with Crippen LogP contribution in [0.25, 0.3) is 0 Å². The summed E-state index contributed by atoms with van der Waals surface area (Å²) in [4.78, 5) is 20.5. The van der Waals surface area contributed by atoms with Gasteiger partial charge < -0.3 is 20.5 Å². The molecule has 35 heavy (non-hydrogen) atoms. The number of alkyl halides is 3. The van der Waals surface area contributed by atoms with Crippen LogP contribution in [-0.2, 0) is 6.18 Å². The van der Waals surface area contributed by atoms with Gasteiger partial charge in [0.1, 0.15) is 24.2 Å². The van der Waals surface area contributed by atoms with Crippen molar-refractivity contribution in [2.75, 3.05) is 26.2 Å². The van der Waals surface area contributed by atoms with Crippen LogP contribution in [0.15, 0.2) is 30.5 Å². The van der Waals surface area contributed by atoms with Gasteiger partial charge in [-0.25, -0.2) is 0 Å². The number of hydrogen-bond acceptors (Lipinski definition) is 6. The minimum Gasteiger partial charge on any atom is -0.491 e. The maximum absolute atomic E-state index is 13.0. The number of amides is 1. The topological polar surface area (TPSA) is 91.9 Å². The summed E-state index contributed by atoms with van der Waals surface area (Å²) in [6, 6.07) is 6.32. The first kappa shape index (κ1) is 25.4. The Balaban J connectivity index is 1.42. The quantitative estimate of drug-likeness (QED) is 0.617. The molecule has 0 saturated carbocycles. The number of benzene rings is 1. The fourth-order valence-corrected chi connectivity index (χ4v) is 5.13. The number of carbonyl (C=O) groups excluding carboxylic acids is 1. The molecule has 2 aliphatic rings.